The number of aliphatic carboxylic acids is 1. The van der Waals surface area contributed by atoms with E-state index in [1.165, 1.54) is 30.5 Å². The third kappa shape index (κ3) is 5.62. The first-order chi connectivity index (χ1) is 13.4. The van der Waals surface area contributed by atoms with Crippen LogP contribution in [0.4, 0.5) is 11.5 Å². The van der Waals surface area contributed by atoms with Gasteiger partial charge in [-0.1, -0.05) is 18.2 Å². The molecule has 0 radical (unpaired) electrons. The van der Waals surface area contributed by atoms with E-state index in [1.54, 1.807) is 18.2 Å². The van der Waals surface area contributed by atoms with Gasteiger partial charge in [-0.3, -0.25) is 24.5 Å². The van der Waals surface area contributed by atoms with Crippen LogP contribution < -0.4 is 16.0 Å². The predicted molar refractivity (Wildman–Crippen MR) is 97.2 cm³/mol. The summed E-state index contributed by atoms with van der Waals surface area (Å²) in [6.07, 6.45) is 2.29. The predicted octanol–water partition coefficient (Wildman–Crippen LogP) is 0.874. The topological polar surface area (TPSA) is 164 Å². The van der Waals surface area contributed by atoms with Crippen molar-refractivity contribution >= 4 is 29.3 Å². The highest BCUT2D eigenvalue weighted by Crippen LogP contribution is 2.20. The van der Waals surface area contributed by atoms with Gasteiger partial charge in [0.25, 0.3) is 11.8 Å². The van der Waals surface area contributed by atoms with E-state index in [-0.39, 0.29) is 22.8 Å². The molecule has 11 heteroatoms. The second kappa shape index (κ2) is 9.43. The van der Waals surface area contributed by atoms with Crippen molar-refractivity contribution < 1.29 is 24.4 Å². The maximum Gasteiger partial charge on any atom is 0.322 e. The molecule has 0 aliphatic carbocycles. The standard InChI is InChI=1S/C17H15N5O6/c23-14(24)10-20-17(26)12(21-16(25)11-5-2-1-3-6-11)9-19-15-13(22(27)28)7-4-8-18-15/h1-9H,10H2,(H,18,19)(H,20,26)(H,21,25)(H,23,24)/b12-9-. The van der Waals surface area contributed by atoms with E-state index in [1.807, 2.05) is 0 Å². The minimum atomic E-state index is -1.28. The van der Waals surface area contributed by atoms with Crippen molar-refractivity contribution in [3.05, 3.63) is 76.2 Å². The van der Waals surface area contributed by atoms with Crippen molar-refractivity contribution in [1.82, 2.24) is 15.6 Å². The molecule has 1 aromatic heterocycles. The molecule has 0 saturated heterocycles. The van der Waals surface area contributed by atoms with Gasteiger partial charge in [0.05, 0.1) is 4.92 Å². The van der Waals surface area contributed by atoms with Gasteiger partial charge in [0.1, 0.15) is 12.2 Å². The summed E-state index contributed by atoms with van der Waals surface area (Å²) in [5.41, 5.74) is -0.447. The molecule has 0 spiro atoms. The fourth-order valence-corrected chi connectivity index (χ4v) is 1.99. The minimum Gasteiger partial charge on any atom is -0.480 e. The first-order valence-electron chi connectivity index (χ1n) is 7.81. The molecule has 1 aromatic carbocycles. The van der Waals surface area contributed by atoms with Gasteiger partial charge in [-0.15, -0.1) is 0 Å². The summed E-state index contributed by atoms with van der Waals surface area (Å²) < 4.78 is 0. The number of nitrogens with one attached hydrogen (secondary N) is 3. The normalized spacial score (nSPS) is 10.6. The molecule has 0 aliphatic rings. The number of pyridine rings is 1. The van der Waals surface area contributed by atoms with Crippen LogP contribution in [0.15, 0.2) is 60.6 Å². The molecule has 144 valence electrons. The van der Waals surface area contributed by atoms with Gasteiger partial charge in [-0.25, -0.2) is 4.98 Å². The zero-order valence-corrected chi connectivity index (χ0v) is 14.3. The van der Waals surface area contributed by atoms with Crippen LogP contribution in [0.2, 0.25) is 0 Å². The van der Waals surface area contributed by atoms with Crippen molar-refractivity contribution in [3.63, 3.8) is 0 Å². The van der Waals surface area contributed by atoms with Gasteiger partial charge in [0.15, 0.2) is 0 Å². The molecular weight excluding hydrogens is 370 g/mol. The molecule has 0 aliphatic heterocycles. The molecule has 0 unspecified atom stereocenters. The zero-order chi connectivity index (χ0) is 20.5. The van der Waals surface area contributed by atoms with Crippen LogP contribution in [0.3, 0.4) is 0 Å². The van der Waals surface area contributed by atoms with E-state index in [0.29, 0.717) is 0 Å². The van der Waals surface area contributed by atoms with E-state index < -0.39 is 29.3 Å². The minimum absolute atomic E-state index is 0.162. The number of carbonyl (C=O) groups excluding carboxylic acids is 2. The second-order valence-corrected chi connectivity index (χ2v) is 5.23. The lowest BCUT2D eigenvalue weighted by Crippen LogP contribution is -2.37. The van der Waals surface area contributed by atoms with E-state index in [9.17, 15) is 24.5 Å². The maximum absolute atomic E-state index is 12.3. The largest absolute Gasteiger partial charge is 0.480 e. The number of nitro groups is 1. The number of benzene rings is 1. The molecular formula is C17H15N5O6. The summed E-state index contributed by atoms with van der Waals surface area (Å²) in [5.74, 6) is -2.98. The lowest BCUT2D eigenvalue weighted by molar-refractivity contribution is -0.384. The molecule has 2 aromatic rings. The number of hydrogen-bond acceptors (Lipinski definition) is 7. The fourth-order valence-electron chi connectivity index (χ4n) is 1.99. The Hall–Kier alpha value is -4.28. The van der Waals surface area contributed by atoms with Crippen molar-refractivity contribution in [3.8, 4) is 0 Å². The van der Waals surface area contributed by atoms with Gasteiger partial charge < -0.3 is 21.1 Å². The van der Waals surface area contributed by atoms with E-state index in [0.717, 1.165) is 6.20 Å². The van der Waals surface area contributed by atoms with Crippen LogP contribution in [0.25, 0.3) is 0 Å². The Morgan fingerprint density at radius 1 is 1.14 bits per heavy atom. The molecule has 0 saturated carbocycles. The molecule has 0 atom stereocenters. The van der Waals surface area contributed by atoms with Gasteiger partial charge in [0, 0.05) is 24.0 Å². The average Bonchev–Trinajstić information content (AvgIpc) is 2.69. The van der Waals surface area contributed by atoms with Gasteiger partial charge in [-0.05, 0) is 18.2 Å². The fraction of sp³-hybridized carbons (Fsp3) is 0.0588. The Bertz CT molecular complexity index is 929. The molecule has 28 heavy (non-hydrogen) atoms. The summed E-state index contributed by atoms with van der Waals surface area (Å²) in [5, 5.41) is 26.6. The number of hydrogen-bond donors (Lipinski definition) is 4. The van der Waals surface area contributed by atoms with Crippen LogP contribution in [0.5, 0.6) is 0 Å². The van der Waals surface area contributed by atoms with E-state index in [2.05, 4.69) is 20.9 Å². The Morgan fingerprint density at radius 3 is 2.50 bits per heavy atom. The Morgan fingerprint density at radius 2 is 1.86 bits per heavy atom. The maximum atomic E-state index is 12.3. The Labute approximate surface area is 158 Å². The van der Waals surface area contributed by atoms with Crippen LogP contribution >= 0.6 is 0 Å². The van der Waals surface area contributed by atoms with Crippen LogP contribution in [0.1, 0.15) is 10.4 Å². The number of aromatic nitrogens is 1. The highest BCUT2D eigenvalue weighted by atomic mass is 16.6. The Kier molecular flexibility index (Phi) is 6.75. The summed E-state index contributed by atoms with van der Waals surface area (Å²) in [6.45, 7) is -0.679. The number of amides is 2. The molecule has 2 amide bonds. The van der Waals surface area contributed by atoms with Gasteiger partial charge >= 0.3 is 11.7 Å². The first kappa shape index (κ1) is 20.0. The average molecular weight is 385 g/mol. The highest BCUT2D eigenvalue weighted by Gasteiger charge is 2.17. The van der Waals surface area contributed by atoms with Crippen molar-refractivity contribution in [1.29, 1.82) is 0 Å². The third-order valence-corrected chi connectivity index (χ3v) is 3.27. The van der Waals surface area contributed by atoms with Crippen LogP contribution in [-0.4, -0.2) is 39.3 Å². The van der Waals surface area contributed by atoms with Crippen LogP contribution in [-0.2, 0) is 9.59 Å². The van der Waals surface area contributed by atoms with Gasteiger partial charge in [0.2, 0.25) is 5.82 Å². The quantitative estimate of drug-likeness (QED) is 0.295. The lowest BCUT2D eigenvalue weighted by atomic mass is 10.2. The summed E-state index contributed by atoms with van der Waals surface area (Å²) in [4.78, 5) is 49.3. The number of carbonyl (C=O) groups is 3. The van der Waals surface area contributed by atoms with Crippen molar-refractivity contribution in [2.75, 3.05) is 11.9 Å². The first-order valence-corrected chi connectivity index (χ1v) is 7.81. The van der Waals surface area contributed by atoms with Crippen molar-refractivity contribution in [2.45, 2.75) is 0 Å². The highest BCUT2D eigenvalue weighted by molar-refractivity contribution is 6.03. The lowest BCUT2D eigenvalue weighted by Gasteiger charge is -2.10. The number of nitrogens with zero attached hydrogens (tertiary/aromatic N) is 2. The smallest absolute Gasteiger partial charge is 0.322 e. The molecule has 4 N–H and O–H groups in total. The third-order valence-electron chi connectivity index (χ3n) is 3.27. The molecule has 2 rings (SSSR count). The SMILES string of the molecule is O=C(O)CNC(=O)/C(=C/Nc1ncccc1[N+](=O)[O-])NC(=O)c1ccccc1. The number of anilines is 1. The second-order valence-electron chi connectivity index (χ2n) is 5.23. The van der Waals surface area contributed by atoms with Crippen LogP contribution in [0, 0.1) is 10.1 Å². The summed E-state index contributed by atoms with van der Waals surface area (Å²) >= 11 is 0. The monoisotopic (exact) mass is 385 g/mol. The molecule has 0 bridgehead atoms. The molecule has 0 fully saturated rings. The van der Waals surface area contributed by atoms with E-state index >= 15 is 0 Å². The Balaban J connectivity index is 2.26. The molecule has 11 nitrogen and oxygen atoms in total. The summed E-state index contributed by atoms with van der Waals surface area (Å²) in [7, 11) is 0. The van der Waals surface area contributed by atoms with Gasteiger partial charge in [-0.2, -0.15) is 0 Å². The van der Waals surface area contributed by atoms with E-state index in [4.69, 9.17) is 5.11 Å². The number of carboxylic acids is 1. The number of rotatable bonds is 8. The number of carboxylic acid groups (broad SMARTS) is 1. The van der Waals surface area contributed by atoms with Crippen molar-refractivity contribution in [2.24, 2.45) is 0 Å². The zero-order valence-electron chi connectivity index (χ0n) is 14.3. The molecule has 1 heterocycles. The summed E-state index contributed by atoms with van der Waals surface area (Å²) in [6, 6.07) is 10.5.